The highest BCUT2D eigenvalue weighted by Gasteiger charge is 2.37. The lowest BCUT2D eigenvalue weighted by Crippen LogP contribution is -2.35. The molecule has 0 radical (unpaired) electrons. The van der Waals surface area contributed by atoms with Crippen LogP contribution in [0.1, 0.15) is 17.9 Å². The molecule has 2 atom stereocenters. The van der Waals surface area contributed by atoms with Crippen LogP contribution < -0.4 is 0 Å². The maximum absolute atomic E-state index is 12.3. The molecule has 0 saturated carbocycles. The Morgan fingerprint density at radius 2 is 2.30 bits per heavy atom. The molecule has 0 spiro atoms. The van der Waals surface area contributed by atoms with Gasteiger partial charge in [0.25, 0.3) is 10.1 Å². The van der Waals surface area contributed by atoms with Crippen molar-refractivity contribution in [1.82, 2.24) is 14.3 Å². The third kappa shape index (κ3) is 4.57. The molecule has 8 nitrogen and oxygen atoms in total. The predicted octanol–water partition coefficient (Wildman–Crippen LogP) is 2.46. The first kappa shape index (κ1) is 19.6. The Balaban J connectivity index is 1.81. The average Bonchev–Trinajstić information content (AvgIpc) is 3.26. The number of amides is 1. The topological polar surface area (TPSA) is 90.2 Å². The molecule has 2 aromatic heterocycles. The monoisotopic (exact) mass is 411 g/mol. The van der Waals surface area contributed by atoms with Crippen LogP contribution in [-0.2, 0) is 19.0 Å². The van der Waals surface area contributed by atoms with Gasteiger partial charge in [0.15, 0.2) is 0 Å². The van der Waals surface area contributed by atoms with Gasteiger partial charge in [-0.05, 0) is 13.0 Å². The zero-order valence-corrected chi connectivity index (χ0v) is 16.7. The van der Waals surface area contributed by atoms with Crippen molar-refractivity contribution >= 4 is 38.5 Å². The molecule has 0 N–H and O–H groups in total. The lowest BCUT2D eigenvalue weighted by atomic mass is 10.2. The number of nitrogens with zero attached hydrogens (tertiary/aromatic N) is 3. The minimum atomic E-state index is -3.61. The molecule has 146 valence electrons. The molecule has 1 fully saturated rings. The number of carbonyl (C=O) groups is 1. The number of thiazole rings is 1. The van der Waals surface area contributed by atoms with Gasteiger partial charge < -0.3 is 4.74 Å². The van der Waals surface area contributed by atoms with Crippen molar-refractivity contribution in [2.75, 3.05) is 19.4 Å². The molecule has 0 aromatic carbocycles. The fourth-order valence-corrected chi connectivity index (χ4v) is 4.58. The number of aromatic nitrogens is 2. The third-order valence-electron chi connectivity index (χ3n) is 4.13. The summed E-state index contributed by atoms with van der Waals surface area (Å²) < 4.78 is 35.1. The van der Waals surface area contributed by atoms with E-state index in [2.05, 4.69) is 11.6 Å². The minimum Gasteiger partial charge on any atom is -0.445 e. The number of imidazole rings is 1. The summed E-state index contributed by atoms with van der Waals surface area (Å²) in [6.07, 6.45) is 7.28. The van der Waals surface area contributed by atoms with Crippen LogP contribution in [-0.4, -0.2) is 60.3 Å². The number of hydrogen-bond donors (Lipinski definition) is 0. The minimum absolute atomic E-state index is 0.0861. The van der Waals surface area contributed by atoms with E-state index >= 15 is 0 Å². The molecule has 27 heavy (non-hydrogen) atoms. The van der Waals surface area contributed by atoms with E-state index in [0.717, 1.165) is 22.6 Å². The second-order valence-electron chi connectivity index (χ2n) is 6.24. The maximum atomic E-state index is 12.3. The van der Waals surface area contributed by atoms with E-state index in [0.29, 0.717) is 6.42 Å². The normalized spacial score (nSPS) is 20.6. The Kier molecular flexibility index (Phi) is 5.68. The van der Waals surface area contributed by atoms with Crippen molar-refractivity contribution < 1.29 is 22.1 Å². The van der Waals surface area contributed by atoms with Gasteiger partial charge in [0.1, 0.15) is 17.3 Å². The zero-order chi connectivity index (χ0) is 19.6. The number of ether oxygens (including phenoxy) is 1. The number of rotatable bonds is 6. The second kappa shape index (κ2) is 7.83. The molecule has 10 heteroatoms. The Morgan fingerprint density at radius 1 is 1.52 bits per heavy atom. The maximum Gasteiger partial charge on any atom is 0.410 e. The van der Waals surface area contributed by atoms with Gasteiger partial charge in [-0.15, -0.1) is 11.3 Å². The summed E-state index contributed by atoms with van der Waals surface area (Å²) in [6, 6.07) is -0.340. The Hall–Kier alpha value is -2.17. The van der Waals surface area contributed by atoms with E-state index in [4.69, 9.17) is 8.92 Å². The van der Waals surface area contributed by atoms with Crippen LogP contribution in [0.4, 0.5) is 4.79 Å². The molecular formula is C17H21N3O5S2. The van der Waals surface area contributed by atoms with Crippen molar-refractivity contribution in [1.29, 1.82) is 0 Å². The molecule has 3 heterocycles. The van der Waals surface area contributed by atoms with Gasteiger partial charge >= 0.3 is 6.09 Å². The highest BCUT2D eigenvalue weighted by atomic mass is 32.2. The molecule has 1 aliphatic heterocycles. The first-order chi connectivity index (χ1) is 12.8. The van der Waals surface area contributed by atoms with Crippen LogP contribution >= 0.6 is 11.3 Å². The molecule has 3 rings (SSSR count). The van der Waals surface area contributed by atoms with Crippen LogP contribution in [0.25, 0.3) is 10.9 Å². The third-order valence-corrected chi connectivity index (χ3v) is 5.64. The first-order valence-electron chi connectivity index (χ1n) is 8.31. The molecule has 1 amide bonds. The smallest absolute Gasteiger partial charge is 0.410 e. The average molecular weight is 412 g/mol. The summed E-state index contributed by atoms with van der Waals surface area (Å²) in [6.45, 7) is 5.67. The standard InChI is InChI=1S/C17H21N3O5S2/c1-4-7-24-17(21)19-10-15(25-27(3,22)23)8-13(19)5-6-14-11-26-16-9-18-12(2)20(14)16/h4-6,9,11,13,15H,1,7-8,10H2,2-3H3/b6-5+. The van der Waals surface area contributed by atoms with Crippen LogP contribution in [0.15, 0.2) is 30.3 Å². The summed E-state index contributed by atoms with van der Waals surface area (Å²) in [7, 11) is -3.61. The van der Waals surface area contributed by atoms with Crippen molar-refractivity contribution in [3.8, 4) is 0 Å². The molecular weight excluding hydrogens is 390 g/mol. The van der Waals surface area contributed by atoms with Gasteiger partial charge in [0, 0.05) is 11.8 Å². The van der Waals surface area contributed by atoms with Crippen molar-refractivity contribution in [3.63, 3.8) is 0 Å². The SMILES string of the molecule is C=CCOC(=O)N1CC(OS(C)(=O)=O)CC1/C=C/c1csc2cnc(C)n12. The summed E-state index contributed by atoms with van der Waals surface area (Å²) in [5.41, 5.74) is 0.942. The second-order valence-corrected chi connectivity index (χ2v) is 8.73. The van der Waals surface area contributed by atoms with Gasteiger partial charge in [-0.3, -0.25) is 13.5 Å². The molecule has 0 bridgehead atoms. The van der Waals surface area contributed by atoms with E-state index < -0.39 is 22.3 Å². The van der Waals surface area contributed by atoms with Crippen molar-refractivity contribution in [2.24, 2.45) is 0 Å². The van der Waals surface area contributed by atoms with E-state index in [1.165, 1.54) is 11.0 Å². The number of likely N-dealkylation sites (tertiary alicyclic amines) is 1. The van der Waals surface area contributed by atoms with Crippen LogP contribution in [0.2, 0.25) is 0 Å². The Bertz CT molecular complexity index is 976. The number of fused-ring (bicyclic) bond motifs is 1. The highest BCUT2D eigenvalue weighted by Crippen LogP contribution is 2.25. The van der Waals surface area contributed by atoms with Crippen LogP contribution in [0.5, 0.6) is 0 Å². The van der Waals surface area contributed by atoms with Crippen molar-refractivity contribution in [2.45, 2.75) is 25.5 Å². The fraction of sp³-hybridized carbons (Fsp3) is 0.412. The lowest BCUT2D eigenvalue weighted by molar-refractivity contribution is 0.109. The highest BCUT2D eigenvalue weighted by molar-refractivity contribution is 7.86. The van der Waals surface area contributed by atoms with E-state index in [-0.39, 0.29) is 19.2 Å². The molecule has 2 unspecified atom stereocenters. The molecule has 2 aromatic rings. The largest absolute Gasteiger partial charge is 0.445 e. The summed E-state index contributed by atoms with van der Waals surface area (Å²) in [5.74, 6) is 0.873. The summed E-state index contributed by atoms with van der Waals surface area (Å²) in [4.78, 5) is 19.1. The van der Waals surface area contributed by atoms with Gasteiger partial charge in [-0.2, -0.15) is 8.42 Å². The van der Waals surface area contributed by atoms with Crippen LogP contribution in [0, 0.1) is 6.92 Å². The first-order valence-corrected chi connectivity index (χ1v) is 11.0. The van der Waals surface area contributed by atoms with E-state index in [1.54, 1.807) is 11.3 Å². The van der Waals surface area contributed by atoms with Gasteiger partial charge in [0.2, 0.25) is 0 Å². The van der Waals surface area contributed by atoms with Crippen molar-refractivity contribution in [3.05, 3.63) is 41.8 Å². The number of aryl methyl sites for hydroxylation is 1. The number of hydrogen-bond acceptors (Lipinski definition) is 7. The Labute approximate surface area is 161 Å². The van der Waals surface area contributed by atoms with E-state index in [1.807, 2.05) is 35.1 Å². The quantitative estimate of drug-likeness (QED) is 0.536. The zero-order valence-electron chi connectivity index (χ0n) is 15.1. The summed E-state index contributed by atoms with van der Waals surface area (Å²) in [5, 5.41) is 2.00. The van der Waals surface area contributed by atoms with Crippen LogP contribution in [0.3, 0.4) is 0 Å². The summed E-state index contributed by atoms with van der Waals surface area (Å²) >= 11 is 1.57. The van der Waals surface area contributed by atoms with Gasteiger partial charge in [-0.25, -0.2) is 9.78 Å². The Morgan fingerprint density at radius 3 is 3.00 bits per heavy atom. The number of carbonyl (C=O) groups excluding carboxylic acids is 1. The molecule has 1 saturated heterocycles. The van der Waals surface area contributed by atoms with E-state index in [9.17, 15) is 13.2 Å². The lowest BCUT2D eigenvalue weighted by Gasteiger charge is -2.20. The van der Waals surface area contributed by atoms with Gasteiger partial charge in [-0.1, -0.05) is 18.7 Å². The predicted molar refractivity (Wildman–Crippen MR) is 103 cm³/mol. The van der Waals surface area contributed by atoms with Gasteiger partial charge in [0.05, 0.1) is 36.8 Å². The molecule has 1 aliphatic rings. The molecule has 0 aliphatic carbocycles. The fourth-order valence-electron chi connectivity index (χ4n) is 3.07.